The zero-order valence-corrected chi connectivity index (χ0v) is 13.4. The first-order valence-corrected chi connectivity index (χ1v) is 7.95. The topological polar surface area (TPSA) is 59.0 Å². The van der Waals surface area contributed by atoms with Gasteiger partial charge in [0.15, 0.2) is 11.6 Å². The molecule has 1 fully saturated rings. The molecule has 1 aromatic heterocycles. The van der Waals surface area contributed by atoms with Crippen LogP contribution >= 0.6 is 0 Å². The summed E-state index contributed by atoms with van der Waals surface area (Å²) < 4.78 is 28.3. The van der Waals surface area contributed by atoms with E-state index in [0.717, 1.165) is 24.6 Å². The third-order valence-corrected chi connectivity index (χ3v) is 4.32. The average Bonchev–Trinajstić information content (AvgIpc) is 2.95. The Morgan fingerprint density at radius 2 is 2.25 bits per heavy atom. The lowest BCUT2D eigenvalue weighted by Gasteiger charge is -2.33. The molecule has 24 heavy (non-hydrogen) atoms. The summed E-state index contributed by atoms with van der Waals surface area (Å²) in [5.41, 5.74) is 1.55. The Balaban J connectivity index is 1.69. The summed E-state index contributed by atoms with van der Waals surface area (Å²) in [6.45, 7) is 1.38. The second-order valence-electron chi connectivity index (χ2n) is 6.15. The van der Waals surface area contributed by atoms with E-state index >= 15 is 0 Å². The van der Waals surface area contributed by atoms with E-state index in [1.165, 1.54) is 6.07 Å². The minimum Gasteiger partial charge on any atom is -0.351 e. The summed E-state index contributed by atoms with van der Waals surface area (Å²) in [6.07, 6.45) is 4.45. The Bertz CT molecular complexity index is 731. The van der Waals surface area contributed by atoms with Crippen LogP contribution in [0.5, 0.6) is 0 Å². The van der Waals surface area contributed by atoms with Gasteiger partial charge in [-0.1, -0.05) is 6.07 Å². The summed E-state index contributed by atoms with van der Waals surface area (Å²) in [6, 6.07) is 3.80. The van der Waals surface area contributed by atoms with Crippen LogP contribution in [0.15, 0.2) is 30.6 Å². The van der Waals surface area contributed by atoms with Gasteiger partial charge in [-0.05, 0) is 36.2 Å². The van der Waals surface area contributed by atoms with Gasteiger partial charge in [0.2, 0.25) is 5.91 Å². The van der Waals surface area contributed by atoms with E-state index in [0.29, 0.717) is 12.1 Å². The normalized spacial score (nSPS) is 20.8. The molecular formula is C17H20F2N4O. The quantitative estimate of drug-likeness (QED) is 0.891. The van der Waals surface area contributed by atoms with E-state index in [1.807, 2.05) is 0 Å². The molecule has 0 saturated carbocycles. The van der Waals surface area contributed by atoms with Crippen molar-refractivity contribution in [2.75, 3.05) is 13.1 Å². The van der Waals surface area contributed by atoms with Crippen molar-refractivity contribution in [1.29, 1.82) is 0 Å². The lowest BCUT2D eigenvalue weighted by molar-refractivity contribution is -0.121. The van der Waals surface area contributed by atoms with Crippen LogP contribution in [-0.4, -0.2) is 34.8 Å². The summed E-state index contributed by atoms with van der Waals surface area (Å²) in [7, 11) is 1.80. The molecule has 2 atom stereocenters. The fourth-order valence-electron chi connectivity index (χ4n) is 3.16. The molecule has 1 aromatic carbocycles. The maximum Gasteiger partial charge on any atom is 0.224 e. The number of benzene rings is 1. The van der Waals surface area contributed by atoms with Crippen molar-refractivity contribution >= 4 is 5.91 Å². The lowest BCUT2D eigenvalue weighted by atomic mass is 9.86. The molecule has 0 bridgehead atoms. The number of rotatable bonds is 4. The Hall–Kier alpha value is -2.28. The van der Waals surface area contributed by atoms with E-state index < -0.39 is 11.6 Å². The van der Waals surface area contributed by atoms with Crippen molar-refractivity contribution in [3.63, 3.8) is 0 Å². The van der Waals surface area contributed by atoms with Gasteiger partial charge >= 0.3 is 0 Å². The van der Waals surface area contributed by atoms with Crippen molar-refractivity contribution in [3.05, 3.63) is 53.4 Å². The third kappa shape index (κ3) is 3.79. The van der Waals surface area contributed by atoms with E-state index in [9.17, 15) is 13.6 Å². The van der Waals surface area contributed by atoms with Crippen LogP contribution in [0.2, 0.25) is 0 Å². The molecule has 1 saturated heterocycles. The van der Waals surface area contributed by atoms with Gasteiger partial charge in [-0.25, -0.2) is 8.78 Å². The van der Waals surface area contributed by atoms with Crippen molar-refractivity contribution in [2.45, 2.75) is 24.8 Å². The maximum atomic E-state index is 13.5. The first-order valence-electron chi connectivity index (χ1n) is 7.95. The number of piperidine rings is 1. The van der Waals surface area contributed by atoms with Gasteiger partial charge in [-0.3, -0.25) is 9.48 Å². The number of aromatic nitrogens is 2. The fourth-order valence-corrected chi connectivity index (χ4v) is 3.16. The maximum absolute atomic E-state index is 13.5. The van der Waals surface area contributed by atoms with Crippen LogP contribution in [0.1, 0.15) is 23.5 Å². The molecule has 0 aliphatic carbocycles. The molecule has 5 nitrogen and oxygen atoms in total. The Kier molecular flexibility index (Phi) is 4.89. The van der Waals surface area contributed by atoms with Crippen LogP contribution in [0.4, 0.5) is 8.78 Å². The minimum absolute atomic E-state index is 0.0424. The van der Waals surface area contributed by atoms with Gasteiger partial charge in [0.1, 0.15) is 0 Å². The molecule has 3 rings (SSSR count). The molecule has 1 amide bonds. The van der Waals surface area contributed by atoms with Crippen LogP contribution in [0, 0.1) is 11.6 Å². The van der Waals surface area contributed by atoms with Gasteiger partial charge in [0, 0.05) is 31.7 Å². The van der Waals surface area contributed by atoms with Crippen LogP contribution in [0.25, 0.3) is 0 Å². The number of hydrogen-bond donors (Lipinski definition) is 2. The van der Waals surface area contributed by atoms with Gasteiger partial charge in [0.05, 0.1) is 12.6 Å². The molecule has 1 aliphatic rings. The number of aryl methyl sites for hydroxylation is 1. The molecule has 128 valence electrons. The standard InChI is InChI=1S/C17H20F2N4O/c1-23-10-11(8-21-23)6-17(24)22-16-9-20-5-4-13(16)12-2-3-14(18)15(19)7-12/h2-3,7-8,10,13,16,20H,4-6,9H2,1H3,(H,22,24). The van der Waals surface area contributed by atoms with Crippen LogP contribution < -0.4 is 10.6 Å². The molecule has 2 heterocycles. The third-order valence-electron chi connectivity index (χ3n) is 4.32. The predicted octanol–water partition coefficient (Wildman–Crippen LogP) is 1.50. The number of amides is 1. The summed E-state index contributed by atoms with van der Waals surface area (Å²) in [4.78, 5) is 12.3. The van der Waals surface area contributed by atoms with E-state index in [-0.39, 0.29) is 24.3 Å². The SMILES string of the molecule is Cn1cc(CC(=O)NC2CNCCC2c2ccc(F)c(F)c2)cn1. The van der Waals surface area contributed by atoms with Crippen LogP contribution in [0.3, 0.4) is 0 Å². The molecule has 0 spiro atoms. The zero-order chi connectivity index (χ0) is 17.1. The highest BCUT2D eigenvalue weighted by molar-refractivity contribution is 5.78. The smallest absolute Gasteiger partial charge is 0.224 e. The molecule has 2 aromatic rings. The van der Waals surface area contributed by atoms with E-state index in [4.69, 9.17) is 0 Å². The van der Waals surface area contributed by atoms with Gasteiger partial charge < -0.3 is 10.6 Å². The van der Waals surface area contributed by atoms with Crippen molar-refractivity contribution in [1.82, 2.24) is 20.4 Å². The Morgan fingerprint density at radius 3 is 2.96 bits per heavy atom. The summed E-state index contributed by atoms with van der Waals surface area (Å²) >= 11 is 0. The zero-order valence-electron chi connectivity index (χ0n) is 13.4. The van der Waals surface area contributed by atoms with Crippen molar-refractivity contribution < 1.29 is 13.6 Å². The summed E-state index contributed by atoms with van der Waals surface area (Å²) in [5.74, 6) is -1.86. The number of halogens is 2. The monoisotopic (exact) mass is 334 g/mol. The van der Waals surface area contributed by atoms with Gasteiger partial charge in [-0.2, -0.15) is 5.10 Å². The second kappa shape index (κ2) is 7.09. The number of hydrogen-bond acceptors (Lipinski definition) is 3. The molecule has 2 unspecified atom stereocenters. The number of carbonyl (C=O) groups excluding carboxylic acids is 1. The first-order chi connectivity index (χ1) is 11.5. The number of nitrogens with zero attached hydrogens (tertiary/aromatic N) is 2. The predicted molar refractivity (Wildman–Crippen MR) is 85.4 cm³/mol. The molecular weight excluding hydrogens is 314 g/mol. The highest BCUT2D eigenvalue weighted by Crippen LogP contribution is 2.27. The van der Waals surface area contributed by atoms with Gasteiger partial charge in [-0.15, -0.1) is 0 Å². The number of carbonyl (C=O) groups is 1. The first kappa shape index (κ1) is 16.6. The highest BCUT2D eigenvalue weighted by Gasteiger charge is 2.28. The summed E-state index contributed by atoms with van der Waals surface area (Å²) in [5, 5.41) is 10.3. The number of nitrogens with one attached hydrogen (secondary N) is 2. The van der Waals surface area contributed by atoms with Crippen molar-refractivity contribution in [3.8, 4) is 0 Å². The van der Waals surface area contributed by atoms with Crippen LogP contribution in [-0.2, 0) is 18.3 Å². The Labute approximate surface area is 139 Å². The molecule has 7 heteroatoms. The Morgan fingerprint density at radius 1 is 1.42 bits per heavy atom. The lowest BCUT2D eigenvalue weighted by Crippen LogP contribution is -2.50. The van der Waals surface area contributed by atoms with Gasteiger partial charge in [0.25, 0.3) is 0 Å². The van der Waals surface area contributed by atoms with E-state index in [1.54, 1.807) is 30.2 Å². The second-order valence-corrected chi connectivity index (χ2v) is 6.15. The molecule has 0 radical (unpaired) electrons. The highest BCUT2D eigenvalue weighted by atomic mass is 19.2. The van der Waals surface area contributed by atoms with E-state index in [2.05, 4.69) is 15.7 Å². The molecule has 2 N–H and O–H groups in total. The average molecular weight is 334 g/mol. The fraction of sp³-hybridized carbons (Fsp3) is 0.412. The molecule has 1 aliphatic heterocycles. The minimum atomic E-state index is -0.857. The largest absolute Gasteiger partial charge is 0.351 e. The van der Waals surface area contributed by atoms with Crippen molar-refractivity contribution in [2.24, 2.45) is 7.05 Å².